The zero-order valence-corrected chi connectivity index (χ0v) is 13.6. The molecule has 4 rings (SSSR count). The summed E-state index contributed by atoms with van der Waals surface area (Å²) >= 11 is 0. The molecular formula is C18H20F4N2O. The third kappa shape index (κ3) is 3.26. The van der Waals surface area contributed by atoms with Gasteiger partial charge < -0.3 is 10.6 Å². The van der Waals surface area contributed by atoms with E-state index in [2.05, 4.69) is 10.6 Å². The van der Waals surface area contributed by atoms with Crippen molar-refractivity contribution in [2.75, 3.05) is 0 Å². The first-order valence-electron chi connectivity index (χ1n) is 8.76. The normalized spacial score (nSPS) is 29.7. The third-order valence-electron chi connectivity index (χ3n) is 5.74. The van der Waals surface area contributed by atoms with E-state index in [1.165, 1.54) is 0 Å². The van der Waals surface area contributed by atoms with Gasteiger partial charge in [0.05, 0.1) is 17.6 Å². The first-order chi connectivity index (χ1) is 11.8. The molecule has 0 radical (unpaired) electrons. The van der Waals surface area contributed by atoms with Crippen LogP contribution in [0.1, 0.15) is 49.3 Å². The summed E-state index contributed by atoms with van der Waals surface area (Å²) in [6.45, 7) is 0. The number of hydrogen-bond donors (Lipinski definition) is 2. The molecule has 0 spiro atoms. The molecule has 1 amide bonds. The number of hydrogen-bond acceptors (Lipinski definition) is 2. The highest BCUT2D eigenvalue weighted by Gasteiger charge is 2.44. The number of amides is 1. The fourth-order valence-electron chi connectivity index (χ4n) is 3.97. The highest BCUT2D eigenvalue weighted by atomic mass is 19.4. The summed E-state index contributed by atoms with van der Waals surface area (Å²) in [6, 6.07) is 2.12. The molecule has 0 bridgehead atoms. The maximum atomic E-state index is 14.3. The van der Waals surface area contributed by atoms with Crippen LogP contribution in [0.15, 0.2) is 18.2 Å². The monoisotopic (exact) mass is 356 g/mol. The second-order valence-electron chi connectivity index (χ2n) is 7.46. The van der Waals surface area contributed by atoms with Crippen LogP contribution in [0.4, 0.5) is 17.6 Å². The van der Waals surface area contributed by atoms with Gasteiger partial charge in [0.2, 0.25) is 5.91 Å². The van der Waals surface area contributed by atoms with Gasteiger partial charge in [0, 0.05) is 11.6 Å². The third-order valence-corrected chi connectivity index (χ3v) is 5.74. The molecule has 0 aromatic heterocycles. The Morgan fingerprint density at radius 1 is 1.20 bits per heavy atom. The Bertz CT molecular complexity index is 674. The van der Waals surface area contributed by atoms with Gasteiger partial charge in [-0.1, -0.05) is 6.07 Å². The van der Waals surface area contributed by atoms with Crippen LogP contribution in [-0.2, 0) is 11.0 Å². The minimum absolute atomic E-state index is 0.0910. The molecule has 1 saturated heterocycles. The van der Waals surface area contributed by atoms with E-state index in [-0.39, 0.29) is 23.4 Å². The van der Waals surface area contributed by atoms with Crippen LogP contribution in [0.2, 0.25) is 0 Å². The molecule has 1 aromatic carbocycles. The Morgan fingerprint density at radius 3 is 2.44 bits per heavy atom. The standard InChI is InChI=1S/C18H20F4N2O/c19-13-8-11(18(20,21)22)4-5-12(13)16(9-1-2-9)24-17(25)15-7-10-3-6-14(10)23-15/h4-5,8-10,14-16,23H,1-3,6-7H2,(H,24,25)/t10-,14-,15-,16-/m1/s1. The Hall–Kier alpha value is -1.63. The number of fused-ring (bicyclic) bond motifs is 1. The average Bonchev–Trinajstić information content (AvgIpc) is 3.31. The van der Waals surface area contributed by atoms with Crippen molar-refractivity contribution in [2.45, 2.75) is 56.4 Å². The molecule has 25 heavy (non-hydrogen) atoms. The molecule has 2 N–H and O–H groups in total. The summed E-state index contributed by atoms with van der Waals surface area (Å²) in [6.07, 6.45) is 0.0900. The van der Waals surface area contributed by atoms with E-state index in [0.717, 1.165) is 44.2 Å². The number of carbonyl (C=O) groups is 1. The Morgan fingerprint density at radius 2 is 1.96 bits per heavy atom. The summed E-state index contributed by atoms with van der Waals surface area (Å²) in [4.78, 5) is 12.5. The molecule has 2 aliphatic carbocycles. The Labute approximate surface area is 143 Å². The summed E-state index contributed by atoms with van der Waals surface area (Å²) < 4.78 is 52.5. The predicted octanol–water partition coefficient (Wildman–Crippen LogP) is 3.55. The first-order valence-corrected chi connectivity index (χ1v) is 8.76. The van der Waals surface area contributed by atoms with E-state index in [1.54, 1.807) is 0 Å². The van der Waals surface area contributed by atoms with Crippen molar-refractivity contribution in [1.82, 2.24) is 10.6 Å². The van der Waals surface area contributed by atoms with Gasteiger partial charge in [-0.25, -0.2) is 4.39 Å². The summed E-state index contributed by atoms with van der Waals surface area (Å²) in [5.41, 5.74) is -0.867. The minimum Gasteiger partial charge on any atom is -0.348 e. The van der Waals surface area contributed by atoms with Gasteiger partial charge in [0.25, 0.3) is 0 Å². The van der Waals surface area contributed by atoms with Crippen LogP contribution in [0.3, 0.4) is 0 Å². The van der Waals surface area contributed by atoms with Gasteiger partial charge in [0.1, 0.15) is 5.82 Å². The quantitative estimate of drug-likeness (QED) is 0.810. The molecule has 3 fully saturated rings. The van der Waals surface area contributed by atoms with Gasteiger partial charge in [-0.3, -0.25) is 4.79 Å². The molecule has 7 heteroatoms. The van der Waals surface area contributed by atoms with Gasteiger partial charge in [0.15, 0.2) is 0 Å². The zero-order chi connectivity index (χ0) is 17.8. The molecule has 3 aliphatic rings. The first kappa shape index (κ1) is 16.8. The number of carbonyl (C=O) groups excluding carboxylic acids is 1. The number of halogens is 4. The number of benzene rings is 1. The molecule has 1 aliphatic heterocycles. The van der Waals surface area contributed by atoms with Crippen molar-refractivity contribution in [2.24, 2.45) is 11.8 Å². The highest BCUT2D eigenvalue weighted by Crippen LogP contribution is 2.43. The van der Waals surface area contributed by atoms with Crippen molar-refractivity contribution < 1.29 is 22.4 Å². The van der Waals surface area contributed by atoms with E-state index in [0.29, 0.717) is 18.0 Å². The lowest BCUT2D eigenvalue weighted by molar-refractivity contribution is -0.137. The molecular weight excluding hydrogens is 336 g/mol. The molecule has 4 atom stereocenters. The second-order valence-corrected chi connectivity index (χ2v) is 7.46. The van der Waals surface area contributed by atoms with Crippen molar-refractivity contribution in [3.05, 3.63) is 35.1 Å². The smallest absolute Gasteiger partial charge is 0.348 e. The largest absolute Gasteiger partial charge is 0.416 e. The number of nitrogens with one attached hydrogen (secondary N) is 2. The lowest BCUT2D eigenvalue weighted by atomic mass is 9.80. The van der Waals surface area contributed by atoms with Crippen LogP contribution in [0.25, 0.3) is 0 Å². The van der Waals surface area contributed by atoms with E-state index in [9.17, 15) is 22.4 Å². The maximum absolute atomic E-state index is 14.3. The van der Waals surface area contributed by atoms with Crippen molar-refractivity contribution in [1.29, 1.82) is 0 Å². The molecule has 2 saturated carbocycles. The predicted molar refractivity (Wildman–Crippen MR) is 83.1 cm³/mol. The molecule has 1 heterocycles. The summed E-state index contributed by atoms with van der Waals surface area (Å²) in [7, 11) is 0. The van der Waals surface area contributed by atoms with Gasteiger partial charge >= 0.3 is 6.18 Å². The van der Waals surface area contributed by atoms with Crippen LogP contribution in [-0.4, -0.2) is 18.0 Å². The van der Waals surface area contributed by atoms with Crippen molar-refractivity contribution in [3.63, 3.8) is 0 Å². The van der Waals surface area contributed by atoms with E-state index in [1.807, 2.05) is 0 Å². The van der Waals surface area contributed by atoms with Crippen molar-refractivity contribution in [3.8, 4) is 0 Å². The van der Waals surface area contributed by atoms with Gasteiger partial charge in [-0.15, -0.1) is 0 Å². The molecule has 0 unspecified atom stereocenters. The Kier molecular flexibility index (Phi) is 4.02. The average molecular weight is 356 g/mol. The fraction of sp³-hybridized carbons (Fsp3) is 0.611. The van der Waals surface area contributed by atoms with Crippen LogP contribution < -0.4 is 10.6 Å². The van der Waals surface area contributed by atoms with Crippen LogP contribution in [0.5, 0.6) is 0 Å². The molecule has 1 aromatic rings. The number of alkyl halides is 3. The minimum atomic E-state index is -4.58. The van der Waals surface area contributed by atoms with Gasteiger partial charge in [-0.2, -0.15) is 13.2 Å². The fourth-order valence-corrected chi connectivity index (χ4v) is 3.97. The lowest BCUT2D eigenvalue weighted by Crippen LogP contribution is -2.45. The zero-order valence-electron chi connectivity index (χ0n) is 13.6. The highest BCUT2D eigenvalue weighted by molar-refractivity contribution is 5.82. The maximum Gasteiger partial charge on any atom is 0.416 e. The molecule has 3 nitrogen and oxygen atoms in total. The summed E-state index contributed by atoms with van der Waals surface area (Å²) in [5, 5.41) is 6.18. The van der Waals surface area contributed by atoms with E-state index in [4.69, 9.17) is 0 Å². The van der Waals surface area contributed by atoms with E-state index < -0.39 is 23.6 Å². The lowest BCUT2D eigenvalue weighted by Gasteiger charge is -2.29. The Balaban J connectivity index is 1.50. The van der Waals surface area contributed by atoms with Crippen molar-refractivity contribution >= 4 is 5.91 Å². The molecule has 136 valence electrons. The van der Waals surface area contributed by atoms with Crippen LogP contribution in [0, 0.1) is 17.7 Å². The second kappa shape index (κ2) is 5.97. The number of rotatable bonds is 4. The summed E-state index contributed by atoms with van der Waals surface area (Å²) in [5.74, 6) is -0.455. The van der Waals surface area contributed by atoms with Crippen LogP contribution >= 0.6 is 0 Å². The SMILES string of the molecule is O=C(N[C@@H](c1ccc(C(F)(F)F)cc1F)C1CC1)[C@H]1C[C@H]2CC[C@H]2N1. The van der Waals surface area contributed by atoms with E-state index >= 15 is 0 Å². The van der Waals surface area contributed by atoms with Gasteiger partial charge in [-0.05, 0) is 56.1 Å². The topological polar surface area (TPSA) is 41.1 Å².